The van der Waals surface area contributed by atoms with Crippen molar-refractivity contribution in [2.24, 2.45) is 0 Å². The fourth-order valence-electron chi connectivity index (χ4n) is 3.82. The Kier molecular flexibility index (Phi) is 12.1. The molecule has 0 aromatic heterocycles. The van der Waals surface area contributed by atoms with Crippen molar-refractivity contribution in [3.8, 4) is 0 Å². The Balaban J connectivity index is 3.07. The second-order valence-electron chi connectivity index (χ2n) is 8.34. The smallest absolute Gasteiger partial charge is 0.317 e. The molecule has 12 heteroatoms. The number of aliphatic carboxylic acids is 4. The van der Waals surface area contributed by atoms with Gasteiger partial charge in [0.2, 0.25) is 0 Å². The van der Waals surface area contributed by atoms with Crippen LogP contribution in [-0.2, 0) is 19.2 Å². The van der Waals surface area contributed by atoms with Crippen molar-refractivity contribution < 1.29 is 39.6 Å². The molecule has 0 aliphatic carbocycles. The molecule has 1 fully saturated rings. The molecule has 0 aromatic carbocycles. The molecule has 0 spiro atoms. The van der Waals surface area contributed by atoms with E-state index in [2.05, 4.69) is 0 Å². The van der Waals surface area contributed by atoms with Gasteiger partial charge in [-0.1, -0.05) is 0 Å². The van der Waals surface area contributed by atoms with E-state index in [9.17, 15) is 39.6 Å². The minimum Gasteiger partial charge on any atom is -0.480 e. The van der Waals surface area contributed by atoms with E-state index in [-0.39, 0.29) is 38.3 Å². The molecule has 0 radical (unpaired) electrons. The summed E-state index contributed by atoms with van der Waals surface area (Å²) < 4.78 is 0. The van der Waals surface area contributed by atoms with E-state index in [1.54, 1.807) is 19.6 Å². The maximum Gasteiger partial charge on any atom is 0.317 e. The molecular weight excluding hydrogens is 424 g/mol. The molecule has 1 aliphatic heterocycles. The number of carboxylic acid groups (broad SMARTS) is 4. The third-order valence-corrected chi connectivity index (χ3v) is 5.77. The molecule has 12 nitrogen and oxygen atoms in total. The van der Waals surface area contributed by atoms with Crippen LogP contribution in [0.2, 0.25) is 0 Å². The van der Waals surface area contributed by atoms with Crippen molar-refractivity contribution in [1.82, 2.24) is 19.6 Å². The first-order valence-corrected chi connectivity index (χ1v) is 10.8. The Morgan fingerprint density at radius 2 is 0.875 bits per heavy atom. The van der Waals surface area contributed by atoms with E-state index < -0.39 is 23.9 Å². The van der Waals surface area contributed by atoms with Crippen molar-refractivity contribution in [3.63, 3.8) is 0 Å². The summed E-state index contributed by atoms with van der Waals surface area (Å²) in [6.07, 6.45) is 1.04. The molecular formula is C20H36N4O8. The molecule has 1 heterocycles. The minimum absolute atomic E-state index is 0.161. The fraction of sp³-hybridized carbons (Fsp3) is 0.800. The van der Waals surface area contributed by atoms with E-state index in [4.69, 9.17) is 0 Å². The third kappa shape index (κ3) is 11.4. The lowest BCUT2D eigenvalue weighted by Gasteiger charge is -2.35. The van der Waals surface area contributed by atoms with Crippen LogP contribution >= 0.6 is 0 Å². The largest absolute Gasteiger partial charge is 0.480 e. The lowest BCUT2D eigenvalue weighted by molar-refractivity contribution is -0.141. The van der Waals surface area contributed by atoms with Crippen LogP contribution in [0.1, 0.15) is 26.7 Å². The van der Waals surface area contributed by atoms with Gasteiger partial charge in [-0.05, 0) is 26.7 Å². The predicted octanol–water partition coefficient (Wildman–Crippen LogP) is -0.896. The second-order valence-corrected chi connectivity index (χ2v) is 8.34. The molecule has 32 heavy (non-hydrogen) atoms. The monoisotopic (exact) mass is 460 g/mol. The Morgan fingerprint density at radius 3 is 1.16 bits per heavy atom. The Bertz CT molecular complexity index is 593. The molecule has 0 amide bonds. The van der Waals surface area contributed by atoms with Gasteiger partial charge in [0, 0.05) is 51.4 Å². The zero-order valence-corrected chi connectivity index (χ0v) is 18.9. The van der Waals surface area contributed by atoms with Gasteiger partial charge in [0.25, 0.3) is 0 Å². The summed E-state index contributed by atoms with van der Waals surface area (Å²) in [6, 6.07) is -0.322. The number of hydrogen-bond donors (Lipinski definition) is 4. The lowest BCUT2D eigenvalue weighted by Crippen LogP contribution is -2.48. The van der Waals surface area contributed by atoms with E-state index in [0.717, 1.165) is 0 Å². The summed E-state index contributed by atoms with van der Waals surface area (Å²) >= 11 is 0. The highest BCUT2D eigenvalue weighted by molar-refractivity contribution is 5.70. The van der Waals surface area contributed by atoms with Gasteiger partial charge >= 0.3 is 23.9 Å². The highest BCUT2D eigenvalue weighted by Crippen LogP contribution is 2.11. The maximum absolute atomic E-state index is 11.3. The zero-order valence-electron chi connectivity index (χ0n) is 18.9. The molecule has 0 aromatic rings. The standard InChI is InChI=1S/C20H36N4O8/c1-15-3-5-21(11-17(25)26)8-10-24(14-20(31)32)16(2)4-6-22(12-18(27)28)7-9-23(15)13-19(29)30/h15-16H,3-14H2,1-2H3,(H,25,26)(H,27,28)(H,29,30)(H,31,32)/t15-,16+. The third-order valence-electron chi connectivity index (χ3n) is 5.77. The van der Waals surface area contributed by atoms with E-state index in [0.29, 0.717) is 52.1 Å². The Morgan fingerprint density at radius 1 is 0.562 bits per heavy atom. The van der Waals surface area contributed by atoms with Gasteiger partial charge in [0.1, 0.15) is 0 Å². The van der Waals surface area contributed by atoms with Gasteiger partial charge in [-0.15, -0.1) is 0 Å². The van der Waals surface area contributed by atoms with Crippen LogP contribution in [0, 0.1) is 0 Å². The zero-order chi connectivity index (χ0) is 24.3. The van der Waals surface area contributed by atoms with Crippen LogP contribution in [0.3, 0.4) is 0 Å². The van der Waals surface area contributed by atoms with Crippen molar-refractivity contribution in [1.29, 1.82) is 0 Å². The predicted molar refractivity (Wildman–Crippen MR) is 115 cm³/mol. The van der Waals surface area contributed by atoms with E-state index in [1.807, 2.05) is 13.8 Å². The molecule has 0 bridgehead atoms. The first-order chi connectivity index (χ1) is 15.0. The van der Waals surface area contributed by atoms with Gasteiger partial charge in [-0.2, -0.15) is 0 Å². The van der Waals surface area contributed by atoms with Crippen LogP contribution in [-0.4, -0.2) is 141 Å². The number of hydrogen-bond acceptors (Lipinski definition) is 8. The SMILES string of the molecule is C[C@@H]1CCN(CC(=O)O)CCN(CC(=O)O)[C@@H](C)CCN(CC(=O)O)CCN1CC(=O)O. The average Bonchev–Trinajstić information content (AvgIpc) is 2.67. The quantitative estimate of drug-likeness (QED) is 0.354. The fourth-order valence-corrected chi connectivity index (χ4v) is 3.82. The van der Waals surface area contributed by atoms with Crippen molar-refractivity contribution >= 4 is 23.9 Å². The minimum atomic E-state index is -0.983. The molecule has 1 saturated heterocycles. The average molecular weight is 461 g/mol. The highest BCUT2D eigenvalue weighted by Gasteiger charge is 2.24. The van der Waals surface area contributed by atoms with Crippen molar-refractivity contribution in [2.75, 3.05) is 65.4 Å². The second kappa shape index (κ2) is 14.0. The van der Waals surface area contributed by atoms with Crippen LogP contribution in [0.4, 0.5) is 0 Å². The van der Waals surface area contributed by atoms with Crippen LogP contribution in [0.5, 0.6) is 0 Å². The summed E-state index contributed by atoms with van der Waals surface area (Å²) in [5.41, 5.74) is 0. The number of nitrogens with zero attached hydrogens (tertiary/aromatic N) is 4. The summed E-state index contributed by atoms with van der Waals surface area (Å²) in [4.78, 5) is 52.3. The van der Waals surface area contributed by atoms with Gasteiger partial charge in [-0.25, -0.2) is 0 Å². The lowest BCUT2D eigenvalue weighted by atomic mass is 10.1. The van der Waals surface area contributed by atoms with Crippen LogP contribution < -0.4 is 0 Å². The molecule has 2 atom stereocenters. The molecule has 4 N–H and O–H groups in total. The van der Waals surface area contributed by atoms with Gasteiger partial charge in [0.15, 0.2) is 0 Å². The number of carbonyl (C=O) groups is 4. The Hall–Kier alpha value is -2.28. The molecule has 184 valence electrons. The summed E-state index contributed by atoms with van der Waals surface area (Å²) in [6.45, 7) is 5.23. The molecule has 0 unspecified atom stereocenters. The summed E-state index contributed by atoms with van der Waals surface area (Å²) in [5.74, 6) is -3.93. The summed E-state index contributed by atoms with van der Waals surface area (Å²) in [5, 5.41) is 37.1. The Labute approximate surface area is 188 Å². The van der Waals surface area contributed by atoms with E-state index in [1.165, 1.54) is 0 Å². The maximum atomic E-state index is 11.3. The van der Waals surface area contributed by atoms with Crippen LogP contribution in [0.25, 0.3) is 0 Å². The van der Waals surface area contributed by atoms with Crippen molar-refractivity contribution in [2.45, 2.75) is 38.8 Å². The molecule has 1 rings (SSSR count). The molecule has 1 aliphatic rings. The van der Waals surface area contributed by atoms with Gasteiger partial charge in [0.05, 0.1) is 26.2 Å². The van der Waals surface area contributed by atoms with Gasteiger partial charge < -0.3 is 20.4 Å². The van der Waals surface area contributed by atoms with Crippen molar-refractivity contribution in [3.05, 3.63) is 0 Å². The summed E-state index contributed by atoms with van der Waals surface area (Å²) in [7, 11) is 0. The van der Waals surface area contributed by atoms with Gasteiger partial charge in [-0.3, -0.25) is 38.8 Å². The highest BCUT2D eigenvalue weighted by atomic mass is 16.4. The first kappa shape index (κ1) is 27.8. The molecule has 0 saturated carbocycles. The normalized spacial score (nSPS) is 23.9. The topological polar surface area (TPSA) is 162 Å². The number of carboxylic acids is 4. The number of rotatable bonds is 8. The van der Waals surface area contributed by atoms with Crippen LogP contribution in [0.15, 0.2) is 0 Å². The first-order valence-electron chi connectivity index (χ1n) is 10.8. The van der Waals surface area contributed by atoms with E-state index >= 15 is 0 Å².